The summed E-state index contributed by atoms with van der Waals surface area (Å²) in [6.45, 7) is 3.87. The van der Waals surface area contributed by atoms with Crippen molar-refractivity contribution in [3.63, 3.8) is 0 Å². The molecule has 0 saturated carbocycles. The fourth-order valence-corrected chi connectivity index (χ4v) is 2.97. The monoisotopic (exact) mass is 370 g/mol. The van der Waals surface area contributed by atoms with Gasteiger partial charge in [0.15, 0.2) is 5.78 Å². The van der Waals surface area contributed by atoms with Crippen molar-refractivity contribution in [3.8, 4) is 0 Å². The van der Waals surface area contributed by atoms with Crippen molar-refractivity contribution >= 4 is 32.6 Å². The molecule has 0 N–H and O–H groups in total. The molecule has 0 atom stereocenters. The highest BCUT2D eigenvalue weighted by atomic mass is 79.9. The molecule has 0 fully saturated rings. The van der Waals surface area contributed by atoms with Gasteiger partial charge in [0, 0.05) is 10.0 Å². The Labute approximate surface area is 141 Å². The molecule has 0 aliphatic heterocycles. The Balaban J connectivity index is 1.99. The number of ketones is 1. The van der Waals surface area contributed by atoms with Crippen LogP contribution in [0.3, 0.4) is 0 Å². The lowest BCUT2D eigenvalue weighted by Crippen LogP contribution is -2.25. The molecule has 0 spiro atoms. The summed E-state index contributed by atoms with van der Waals surface area (Å²) >= 11 is 3.35. The van der Waals surface area contributed by atoms with E-state index in [9.17, 15) is 9.59 Å². The molecule has 3 aromatic rings. The zero-order valence-electron chi connectivity index (χ0n) is 12.8. The number of benzene rings is 2. The van der Waals surface area contributed by atoms with Gasteiger partial charge in [0.2, 0.25) is 0 Å². The third-order valence-electron chi connectivity index (χ3n) is 3.78. The van der Waals surface area contributed by atoms with Crippen molar-refractivity contribution in [1.82, 2.24) is 9.55 Å². The van der Waals surface area contributed by atoms with E-state index in [1.165, 1.54) is 10.9 Å². The predicted octanol–water partition coefficient (Wildman–Crippen LogP) is 3.66. The first-order valence-electron chi connectivity index (χ1n) is 7.21. The lowest BCUT2D eigenvalue weighted by molar-refractivity contribution is 0.0970. The molecule has 1 aromatic heterocycles. The van der Waals surface area contributed by atoms with E-state index >= 15 is 0 Å². The Morgan fingerprint density at radius 3 is 2.70 bits per heavy atom. The summed E-state index contributed by atoms with van der Waals surface area (Å²) in [6.07, 6.45) is 1.43. The van der Waals surface area contributed by atoms with E-state index < -0.39 is 0 Å². The van der Waals surface area contributed by atoms with Crippen LogP contribution in [-0.2, 0) is 6.54 Å². The SMILES string of the molecule is Cc1ccc(C(=O)Cn2cnc3ccc(Br)cc3c2=O)c(C)c1. The molecule has 23 heavy (non-hydrogen) atoms. The molecule has 0 amide bonds. The van der Waals surface area contributed by atoms with Crippen LogP contribution < -0.4 is 5.56 Å². The maximum absolute atomic E-state index is 12.5. The maximum atomic E-state index is 12.5. The summed E-state index contributed by atoms with van der Waals surface area (Å²) < 4.78 is 2.17. The van der Waals surface area contributed by atoms with Crippen molar-refractivity contribution < 1.29 is 4.79 Å². The number of hydrogen-bond donors (Lipinski definition) is 0. The van der Waals surface area contributed by atoms with E-state index in [0.29, 0.717) is 16.5 Å². The minimum absolute atomic E-state index is 0.0157. The molecular formula is C18H15BrN2O2. The lowest BCUT2D eigenvalue weighted by Gasteiger charge is -2.09. The van der Waals surface area contributed by atoms with Gasteiger partial charge in [-0.15, -0.1) is 0 Å². The summed E-state index contributed by atoms with van der Waals surface area (Å²) in [5, 5.41) is 0.496. The zero-order chi connectivity index (χ0) is 16.6. The second-order valence-corrected chi connectivity index (χ2v) is 6.50. The smallest absolute Gasteiger partial charge is 0.261 e. The largest absolute Gasteiger partial charge is 0.292 e. The third-order valence-corrected chi connectivity index (χ3v) is 4.28. The van der Waals surface area contributed by atoms with Crippen LogP contribution in [0.25, 0.3) is 10.9 Å². The number of carbonyl (C=O) groups is 1. The molecule has 2 aromatic carbocycles. The number of carbonyl (C=O) groups excluding carboxylic acids is 1. The summed E-state index contributed by atoms with van der Waals surface area (Å²) in [5.41, 5.74) is 3.06. The second kappa shape index (κ2) is 6.08. The Hall–Kier alpha value is -2.27. The quantitative estimate of drug-likeness (QED) is 0.661. The molecule has 0 saturated heterocycles. The summed E-state index contributed by atoms with van der Waals surface area (Å²) in [7, 11) is 0. The zero-order valence-corrected chi connectivity index (χ0v) is 14.4. The number of aromatic nitrogens is 2. The van der Waals surface area contributed by atoms with Gasteiger partial charge < -0.3 is 0 Å². The van der Waals surface area contributed by atoms with Gasteiger partial charge in [-0.3, -0.25) is 14.2 Å². The fourth-order valence-electron chi connectivity index (χ4n) is 2.61. The van der Waals surface area contributed by atoms with Crippen LogP contribution in [0.2, 0.25) is 0 Å². The maximum Gasteiger partial charge on any atom is 0.261 e. The molecule has 0 aliphatic rings. The third kappa shape index (κ3) is 3.10. The number of nitrogens with zero attached hydrogens (tertiary/aromatic N) is 2. The Morgan fingerprint density at radius 2 is 1.96 bits per heavy atom. The summed E-state index contributed by atoms with van der Waals surface area (Å²) in [4.78, 5) is 29.3. The first-order valence-corrected chi connectivity index (χ1v) is 8.00. The highest BCUT2D eigenvalue weighted by Crippen LogP contribution is 2.15. The van der Waals surface area contributed by atoms with Crippen LogP contribution in [0.15, 0.2) is 52.0 Å². The van der Waals surface area contributed by atoms with Crippen molar-refractivity contribution in [3.05, 3.63) is 74.2 Å². The fraction of sp³-hybridized carbons (Fsp3) is 0.167. The van der Waals surface area contributed by atoms with Gasteiger partial charge in [-0.1, -0.05) is 39.7 Å². The molecule has 1 heterocycles. The first kappa shape index (κ1) is 15.6. The molecule has 0 aliphatic carbocycles. The normalized spacial score (nSPS) is 10.9. The number of Topliss-reactive ketones (excluding diaryl/α,β-unsaturated/α-hetero) is 1. The minimum atomic E-state index is -0.214. The Bertz CT molecular complexity index is 976. The average molecular weight is 371 g/mol. The van der Waals surface area contributed by atoms with Gasteiger partial charge in [0.25, 0.3) is 5.56 Å². The van der Waals surface area contributed by atoms with Gasteiger partial charge in [0.1, 0.15) is 0 Å². The molecule has 0 bridgehead atoms. The lowest BCUT2D eigenvalue weighted by atomic mass is 10.0. The second-order valence-electron chi connectivity index (χ2n) is 5.58. The van der Waals surface area contributed by atoms with E-state index in [2.05, 4.69) is 20.9 Å². The number of hydrogen-bond acceptors (Lipinski definition) is 3. The molecule has 0 radical (unpaired) electrons. The van der Waals surface area contributed by atoms with Gasteiger partial charge >= 0.3 is 0 Å². The van der Waals surface area contributed by atoms with E-state index in [-0.39, 0.29) is 17.9 Å². The standard InChI is InChI=1S/C18H15BrN2O2/c1-11-3-5-14(12(2)7-11)17(22)9-21-10-20-16-6-4-13(19)8-15(16)18(21)23/h3-8,10H,9H2,1-2H3. The molecule has 5 heteroatoms. The first-order chi connectivity index (χ1) is 11.0. The number of halogens is 1. The number of fused-ring (bicyclic) bond motifs is 1. The molecular weight excluding hydrogens is 356 g/mol. The average Bonchev–Trinajstić information content (AvgIpc) is 2.50. The van der Waals surface area contributed by atoms with E-state index in [4.69, 9.17) is 0 Å². The molecule has 0 unspecified atom stereocenters. The predicted molar refractivity (Wildman–Crippen MR) is 93.9 cm³/mol. The van der Waals surface area contributed by atoms with Crippen molar-refractivity contribution in [1.29, 1.82) is 0 Å². The van der Waals surface area contributed by atoms with Crippen molar-refractivity contribution in [2.24, 2.45) is 0 Å². The van der Waals surface area contributed by atoms with Crippen LogP contribution in [0.1, 0.15) is 21.5 Å². The minimum Gasteiger partial charge on any atom is -0.292 e. The summed E-state index contributed by atoms with van der Waals surface area (Å²) in [5.74, 6) is -0.0965. The van der Waals surface area contributed by atoms with Crippen LogP contribution >= 0.6 is 15.9 Å². The summed E-state index contributed by atoms with van der Waals surface area (Å²) in [6, 6.07) is 11.0. The highest BCUT2D eigenvalue weighted by molar-refractivity contribution is 9.10. The van der Waals surface area contributed by atoms with Crippen LogP contribution in [0, 0.1) is 13.8 Å². The highest BCUT2D eigenvalue weighted by Gasteiger charge is 2.12. The Morgan fingerprint density at radius 1 is 1.17 bits per heavy atom. The van der Waals surface area contributed by atoms with Crippen molar-refractivity contribution in [2.45, 2.75) is 20.4 Å². The number of rotatable bonds is 3. The van der Waals surface area contributed by atoms with Crippen molar-refractivity contribution in [2.75, 3.05) is 0 Å². The Kier molecular flexibility index (Phi) is 4.13. The van der Waals surface area contributed by atoms with Crippen LogP contribution in [0.5, 0.6) is 0 Å². The molecule has 4 nitrogen and oxygen atoms in total. The van der Waals surface area contributed by atoms with Crippen LogP contribution in [0.4, 0.5) is 0 Å². The van der Waals surface area contributed by atoms with Gasteiger partial charge in [-0.2, -0.15) is 0 Å². The van der Waals surface area contributed by atoms with Gasteiger partial charge in [0.05, 0.1) is 23.8 Å². The van der Waals surface area contributed by atoms with E-state index in [0.717, 1.165) is 15.6 Å². The molecule has 116 valence electrons. The van der Waals surface area contributed by atoms with Gasteiger partial charge in [-0.05, 0) is 37.6 Å². The van der Waals surface area contributed by atoms with E-state index in [1.54, 1.807) is 12.1 Å². The number of aryl methyl sites for hydroxylation is 2. The molecule has 3 rings (SSSR count). The topological polar surface area (TPSA) is 52.0 Å². The van der Waals surface area contributed by atoms with Crippen LogP contribution in [-0.4, -0.2) is 15.3 Å². The van der Waals surface area contributed by atoms with E-state index in [1.807, 2.05) is 38.1 Å². The van der Waals surface area contributed by atoms with Gasteiger partial charge in [-0.25, -0.2) is 4.98 Å².